The van der Waals surface area contributed by atoms with E-state index in [9.17, 15) is 4.39 Å². The highest BCUT2D eigenvalue weighted by Crippen LogP contribution is 2.37. The zero-order valence-electron chi connectivity index (χ0n) is 20.5. The number of aryl methyl sites for hydroxylation is 2. The quantitative estimate of drug-likeness (QED) is 0.255. The molecular weight excluding hydrogens is 439 g/mol. The number of rotatable bonds is 10. The van der Waals surface area contributed by atoms with Gasteiger partial charge in [0.15, 0.2) is 0 Å². The van der Waals surface area contributed by atoms with Gasteiger partial charge >= 0.3 is 0 Å². The lowest BCUT2D eigenvalue weighted by molar-refractivity contribution is 0.310. The fourth-order valence-electron chi connectivity index (χ4n) is 5.41. The van der Waals surface area contributed by atoms with Gasteiger partial charge in [0.25, 0.3) is 0 Å². The van der Waals surface area contributed by atoms with Crippen molar-refractivity contribution in [3.8, 4) is 11.1 Å². The van der Waals surface area contributed by atoms with Crippen LogP contribution < -0.4 is 0 Å². The van der Waals surface area contributed by atoms with E-state index in [0.717, 1.165) is 29.4 Å². The molecule has 0 spiro atoms. The van der Waals surface area contributed by atoms with Crippen molar-refractivity contribution < 1.29 is 4.39 Å². The van der Waals surface area contributed by atoms with Crippen LogP contribution in [-0.2, 0) is 12.8 Å². The van der Waals surface area contributed by atoms with Crippen molar-refractivity contribution in [2.45, 2.75) is 83.5 Å². The smallest absolute Gasteiger partial charge is 0.142 e. The van der Waals surface area contributed by atoms with Gasteiger partial charge in [-0.25, -0.2) is 4.39 Å². The Morgan fingerprint density at radius 2 is 1.38 bits per heavy atom. The molecule has 3 aromatic carbocycles. The molecule has 0 atom stereocenters. The zero-order valence-corrected chi connectivity index (χ0v) is 21.3. The van der Waals surface area contributed by atoms with E-state index in [1.807, 2.05) is 6.07 Å². The molecule has 0 unspecified atom stereocenters. The van der Waals surface area contributed by atoms with Crippen LogP contribution in [0.1, 0.15) is 87.3 Å². The molecule has 1 fully saturated rings. The fraction of sp³-hybridized carbons (Fsp3) is 0.438. The monoisotopic (exact) mass is 476 g/mol. The number of hydrogen-bond acceptors (Lipinski definition) is 0. The van der Waals surface area contributed by atoms with E-state index < -0.39 is 0 Å². The van der Waals surface area contributed by atoms with E-state index >= 15 is 0 Å². The highest BCUT2D eigenvalue weighted by molar-refractivity contribution is 6.30. The molecule has 0 aliphatic heterocycles. The van der Waals surface area contributed by atoms with Crippen molar-refractivity contribution in [1.82, 2.24) is 0 Å². The van der Waals surface area contributed by atoms with Crippen LogP contribution in [0.25, 0.3) is 11.1 Å². The summed E-state index contributed by atoms with van der Waals surface area (Å²) in [6.45, 7) is 2.27. The molecule has 0 N–H and O–H groups in total. The van der Waals surface area contributed by atoms with Gasteiger partial charge in [-0.1, -0.05) is 92.4 Å². The Morgan fingerprint density at radius 3 is 2.06 bits per heavy atom. The van der Waals surface area contributed by atoms with Crippen LogP contribution >= 0.6 is 11.6 Å². The number of hydrogen-bond donors (Lipinski definition) is 0. The van der Waals surface area contributed by atoms with Gasteiger partial charge in [0.1, 0.15) is 5.82 Å². The normalized spacial score (nSPS) is 18.2. The molecular formula is C32H38ClF. The molecule has 3 aromatic rings. The van der Waals surface area contributed by atoms with E-state index in [-0.39, 0.29) is 10.8 Å². The van der Waals surface area contributed by atoms with E-state index in [1.54, 1.807) is 11.6 Å². The lowest BCUT2D eigenvalue weighted by Crippen LogP contribution is -2.14. The molecule has 1 aliphatic carbocycles. The second kappa shape index (κ2) is 12.5. The maximum absolute atomic E-state index is 13.8. The lowest BCUT2D eigenvalue weighted by atomic mass is 9.76. The van der Waals surface area contributed by atoms with Gasteiger partial charge in [0.2, 0.25) is 0 Å². The number of halogens is 2. The van der Waals surface area contributed by atoms with E-state index in [1.165, 1.54) is 81.4 Å². The minimum absolute atomic E-state index is 0.171. The predicted octanol–water partition coefficient (Wildman–Crippen LogP) is 10.2. The molecule has 1 aliphatic rings. The maximum Gasteiger partial charge on any atom is 0.142 e. The Balaban J connectivity index is 1.21. The summed E-state index contributed by atoms with van der Waals surface area (Å²) in [6.07, 6.45) is 14.3. The predicted molar refractivity (Wildman–Crippen MR) is 144 cm³/mol. The molecule has 0 nitrogen and oxygen atoms in total. The van der Waals surface area contributed by atoms with Gasteiger partial charge in [-0.15, -0.1) is 0 Å². The first-order valence-corrected chi connectivity index (χ1v) is 13.6. The third kappa shape index (κ3) is 6.95. The van der Waals surface area contributed by atoms with Crippen molar-refractivity contribution in [2.24, 2.45) is 5.92 Å². The molecule has 0 amide bonds. The molecule has 180 valence electrons. The Kier molecular flexibility index (Phi) is 9.22. The van der Waals surface area contributed by atoms with Gasteiger partial charge in [-0.3, -0.25) is 0 Å². The van der Waals surface area contributed by atoms with Gasteiger partial charge in [0.05, 0.1) is 5.02 Å². The van der Waals surface area contributed by atoms with E-state index in [4.69, 9.17) is 11.6 Å². The summed E-state index contributed by atoms with van der Waals surface area (Å²) in [6, 6.07) is 23.1. The van der Waals surface area contributed by atoms with Crippen molar-refractivity contribution in [2.75, 3.05) is 0 Å². The average Bonchev–Trinajstić information content (AvgIpc) is 2.88. The molecule has 2 heteroatoms. The summed E-state index contributed by atoms with van der Waals surface area (Å²) in [4.78, 5) is 0. The van der Waals surface area contributed by atoms with Crippen molar-refractivity contribution in [3.63, 3.8) is 0 Å². The summed E-state index contributed by atoms with van der Waals surface area (Å²) in [5.74, 6) is 1.21. The first-order valence-electron chi connectivity index (χ1n) is 13.3. The third-order valence-electron chi connectivity index (χ3n) is 7.67. The topological polar surface area (TPSA) is 0 Å². The van der Waals surface area contributed by atoms with E-state index in [2.05, 4.69) is 55.5 Å². The summed E-state index contributed by atoms with van der Waals surface area (Å²) >= 11 is 5.81. The molecule has 0 aromatic heterocycles. The molecule has 0 heterocycles. The Bertz CT molecular complexity index is 1010. The molecule has 1 saturated carbocycles. The SMILES string of the molecule is CCCCCCc1ccc([C@H]2CC[C@H](CCc3ccc(-c4ccc(Cl)c(F)c4)cc3)CC2)cc1. The summed E-state index contributed by atoms with van der Waals surface area (Å²) in [5, 5.41) is 0.171. The number of benzene rings is 3. The summed E-state index contributed by atoms with van der Waals surface area (Å²) in [7, 11) is 0. The van der Waals surface area contributed by atoms with Crippen LogP contribution in [-0.4, -0.2) is 0 Å². The van der Waals surface area contributed by atoms with Gasteiger partial charge in [-0.2, -0.15) is 0 Å². The first kappa shape index (κ1) is 25.0. The van der Waals surface area contributed by atoms with Gasteiger partial charge in [-0.05, 0) is 103 Å². The lowest BCUT2D eigenvalue weighted by Gasteiger charge is -2.29. The van der Waals surface area contributed by atoms with Crippen molar-refractivity contribution in [3.05, 3.63) is 94.3 Å². The zero-order chi connectivity index (χ0) is 23.8. The van der Waals surface area contributed by atoms with Crippen molar-refractivity contribution in [1.29, 1.82) is 0 Å². The summed E-state index contributed by atoms with van der Waals surface area (Å²) in [5.41, 5.74) is 6.32. The largest absolute Gasteiger partial charge is 0.205 e. The van der Waals surface area contributed by atoms with Crippen LogP contribution in [0.4, 0.5) is 4.39 Å². The molecule has 34 heavy (non-hydrogen) atoms. The Hall–Kier alpha value is -2.12. The van der Waals surface area contributed by atoms with Crippen LogP contribution in [0.15, 0.2) is 66.7 Å². The Morgan fingerprint density at radius 1 is 0.735 bits per heavy atom. The second-order valence-electron chi connectivity index (χ2n) is 10.1. The minimum atomic E-state index is -0.364. The van der Waals surface area contributed by atoms with Gasteiger partial charge in [0, 0.05) is 0 Å². The van der Waals surface area contributed by atoms with Gasteiger partial charge < -0.3 is 0 Å². The second-order valence-corrected chi connectivity index (χ2v) is 10.5. The third-order valence-corrected chi connectivity index (χ3v) is 7.97. The molecule has 4 rings (SSSR count). The van der Waals surface area contributed by atoms with Crippen LogP contribution in [0.3, 0.4) is 0 Å². The average molecular weight is 477 g/mol. The van der Waals surface area contributed by atoms with Crippen LogP contribution in [0, 0.1) is 11.7 Å². The minimum Gasteiger partial charge on any atom is -0.205 e. The fourth-order valence-corrected chi connectivity index (χ4v) is 5.52. The van der Waals surface area contributed by atoms with Crippen LogP contribution in [0.2, 0.25) is 5.02 Å². The highest BCUT2D eigenvalue weighted by Gasteiger charge is 2.22. The van der Waals surface area contributed by atoms with E-state index in [0.29, 0.717) is 0 Å². The molecule has 0 saturated heterocycles. The summed E-state index contributed by atoms with van der Waals surface area (Å²) < 4.78 is 13.8. The molecule has 0 bridgehead atoms. The maximum atomic E-state index is 13.8. The Labute approximate surface area is 210 Å². The van der Waals surface area contributed by atoms with Crippen LogP contribution in [0.5, 0.6) is 0 Å². The standard InChI is InChI=1S/C32H38ClF/c1-2-3-4-5-6-24-9-15-27(16-10-24)28-17-11-25(12-18-28)7-8-26-13-19-29(20-14-26)30-21-22-31(33)32(34)23-30/h9-10,13-16,19-23,25,28H,2-8,11-12,17-18H2,1H3/t25-,28-. The first-order chi connectivity index (χ1) is 16.6. The molecule has 0 radical (unpaired) electrons. The number of unbranched alkanes of at least 4 members (excludes halogenated alkanes) is 3. The van der Waals surface area contributed by atoms with Crippen molar-refractivity contribution >= 4 is 11.6 Å². The highest BCUT2D eigenvalue weighted by atomic mass is 35.5.